The first kappa shape index (κ1) is 16.4. The number of ether oxygens (including phenoxy) is 3. The van der Waals surface area contributed by atoms with Gasteiger partial charge in [0, 0.05) is 19.0 Å². The Bertz CT molecular complexity index is 939. The lowest BCUT2D eigenvalue weighted by atomic mass is 9.87. The van der Waals surface area contributed by atoms with E-state index in [9.17, 15) is 9.90 Å². The molecular formula is C21H21NO5. The second-order valence-electron chi connectivity index (χ2n) is 7.35. The van der Waals surface area contributed by atoms with E-state index in [-0.39, 0.29) is 12.8 Å². The number of hydrogen-bond acceptors (Lipinski definition) is 5. The molecule has 2 aromatic rings. The van der Waals surface area contributed by atoms with Gasteiger partial charge in [-0.1, -0.05) is 12.1 Å². The summed E-state index contributed by atoms with van der Waals surface area (Å²) in [4.78, 5) is 14.3. The normalized spacial score (nSPS) is 20.1. The predicted octanol–water partition coefficient (Wildman–Crippen LogP) is 2.82. The largest absolute Gasteiger partial charge is 0.492 e. The number of hydrogen-bond donors (Lipinski definition) is 1. The summed E-state index contributed by atoms with van der Waals surface area (Å²) in [5, 5.41) is 9.82. The van der Waals surface area contributed by atoms with Gasteiger partial charge in [-0.05, 0) is 54.3 Å². The molecule has 2 aromatic carbocycles. The van der Waals surface area contributed by atoms with Gasteiger partial charge in [-0.3, -0.25) is 4.90 Å². The van der Waals surface area contributed by atoms with Crippen LogP contribution in [-0.2, 0) is 19.3 Å². The first-order valence-corrected chi connectivity index (χ1v) is 9.25. The lowest BCUT2D eigenvalue weighted by Crippen LogP contribution is -2.33. The third-order valence-electron chi connectivity index (χ3n) is 5.83. The first-order valence-electron chi connectivity index (χ1n) is 9.25. The number of nitrogens with zero attached hydrogens (tertiary/aromatic N) is 1. The van der Waals surface area contributed by atoms with Gasteiger partial charge in [-0.15, -0.1) is 0 Å². The maximum atomic E-state index is 12.0. The van der Waals surface area contributed by atoms with E-state index in [4.69, 9.17) is 14.2 Å². The van der Waals surface area contributed by atoms with Gasteiger partial charge in [0.05, 0.1) is 6.61 Å². The van der Waals surface area contributed by atoms with Crippen molar-refractivity contribution in [3.8, 4) is 17.2 Å². The van der Waals surface area contributed by atoms with Crippen LogP contribution >= 0.6 is 0 Å². The van der Waals surface area contributed by atoms with Crippen molar-refractivity contribution in [1.29, 1.82) is 0 Å². The Morgan fingerprint density at radius 1 is 1.15 bits per heavy atom. The molecule has 0 saturated carbocycles. The second kappa shape index (κ2) is 6.16. The summed E-state index contributed by atoms with van der Waals surface area (Å²) < 4.78 is 16.7. The maximum Gasteiger partial charge on any atom is 0.339 e. The van der Waals surface area contributed by atoms with E-state index in [2.05, 4.69) is 24.1 Å². The predicted molar refractivity (Wildman–Crippen MR) is 97.9 cm³/mol. The smallest absolute Gasteiger partial charge is 0.339 e. The van der Waals surface area contributed by atoms with Crippen molar-refractivity contribution in [3.05, 3.63) is 52.1 Å². The minimum absolute atomic E-state index is 0.0841. The fourth-order valence-electron chi connectivity index (χ4n) is 4.39. The molecule has 0 spiro atoms. The standard InChI is InChI=1S/C21H21NO5/c1-22-6-4-13-9-17-18(27-11-26-17)10-15(13)16(22)8-14-3-2-12-5-7-25-20(12)19(14)21(23)24/h2-3,9-10,16H,4-8,11H2,1H3,(H,23,24)/t16-/m1/s1. The maximum absolute atomic E-state index is 12.0. The summed E-state index contributed by atoms with van der Waals surface area (Å²) in [6.45, 7) is 1.72. The number of aromatic carboxylic acids is 1. The van der Waals surface area contributed by atoms with Crippen LogP contribution in [0.15, 0.2) is 24.3 Å². The number of likely N-dealkylation sites (N-methyl/N-ethyl adjacent to an activating group) is 1. The van der Waals surface area contributed by atoms with Crippen molar-refractivity contribution in [3.63, 3.8) is 0 Å². The molecule has 3 aliphatic rings. The van der Waals surface area contributed by atoms with Crippen LogP contribution in [0, 0.1) is 0 Å². The molecule has 0 radical (unpaired) electrons. The van der Waals surface area contributed by atoms with E-state index in [1.54, 1.807) is 0 Å². The van der Waals surface area contributed by atoms with Crippen LogP contribution < -0.4 is 14.2 Å². The van der Waals surface area contributed by atoms with Crippen molar-refractivity contribution >= 4 is 5.97 Å². The average Bonchev–Trinajstić information content (AvgIpc) is 3.30. The van der Waals surface area contributed by atoms with E-state index in [1.165, 1.54) is 11.1 Å². The molecule has 0 fully saturated rings. The number of carbonyl (C=O) groups is 1. The Labute approximate surface area is 157 Å². The van der Waals surface area contributed by atoms with E-state index in [1.807, 2.05) is 12.1 Å². The third-order valence-corrected chi connectivity index (χ3v) is 5.83. The quantitative estimate of drug-likeness (QED) is 0.900. The van der Waals surface area contributed by atoms with Crippen LogP contribution in [0.25, 0.3) is 0 Å². The van der Waals surface area contributed by atoms with Crippen molar-refractivity contribution < 1.29 is 24.1 Å². The third kappa shape index (κ3) is 2.63. The van der Waals surface area contributed by atoms with Gasteiger partial charge in [0.2, 0.25) is 6.79 Å². The lowest BCUT2D eigenvalue weighted by Gasteiger charge is -2.35. The molecule has 0 bridgehead atoms. The first-order chi connectivity index (χ1) is 13.1. The summed E-state index contributed by atoms with van der Waals surface area (Å²) in [6, 6.07) is 8.17. The van der Waals surface area contributed by atoms with Gasteiger partial charge >= 0.3 is 5.97 Å². The molecule has 0 aliphatic carbocycles. The van der Waals surface area contributed by atoms with E-state index >= 15 is 0 Å². The van der Waals surface area contributed by atoms with E-state index in [0.29, 0.717) is 24.3 Å². The average molecular weight is 367 g/mol. The highest BCUT2D eigenvalue weighted by Gasteiger charge is 2.31. The molecule has 5 rings (SSSR count). The zero-order chi connectivity index (χ0) is 18.5. The summed E-state index contributed by atoms with van der Waals surface area (Å²) >= 11 is 0. The molecule has 140 valence electrons. The zero-order valence-electron chi connectivity index (χ0n) is 15.2. The Kier molecular flexibility index (Phi) is 3.75. The van der Waals surface area contributed by atoms with Crippen LogP contribution in [-0.4, -0.2) is 43.0 Å². The summed E-state index contributed by atoms with van der Waals surface area (Å²) in [5.41, 5.74) is 4.54. The van der Waals surface area contributed by atoms with Gasteiger partial charge in [0.15, 0.2) is 11.5 Å². The molecule has 3 aliphatic heterocycles. The molecule has 27 heavy (non-hydrogen) atoms. The number of rotatable bonds is 3. The molecule has 3 heterocycles. The van der Waals surface area contributed by atoms with Crippen molar-refractivity contribution in [2.75, 3.05) is 27.0 Å². The Balaban J connectivity index is 1.56. The highest BCUT2D eigenvalue weighted by Crippen LogP contribution is 2.42. The summed E-state index contributed by atoms with van der Waals surface area (Å²) in [5.74, 6) is 1.19. The van der Waals surface area contributed by atoms with Crippen molar-refractivity contribution in [2.45, 2.75) is 25.3 Å². The van der Waals surface area contributed by atoms with Crippen molar-refractivity contribution in [1.82, 2.24) is 4.90 Å². The monoisotopic (exact) mass is 367 g/mol. The minimum atomic E-state index is -0.923. The van der Waals surface area contributed by atoms with Crippen LogP contribution in [0.3, 0.4) is 0 Å². The Hall–Kier alpha value is -2.73. The van der Waals surface area contributed by atoms with Gasteiger partial charge < -0.3 is 19.3 Å². The highest BCUT2D eigenvalue weighted by molar-refractivity contribution is 5.93. The van der Waals surface area contributed by atoms with Crippen LogP contribution in [0.2, 0.25) is 0 Å². The molecular weight excluding hydrogens is 346 g/mol. The summed E-state index contributed by atoms with van der Waals surface area (Å²) in [6.07, 6.45) is 2.32. The molecule has 1 atom stereocenters. The SMILES string of the molecule is CN1CCc2cc3c(cc2[C@H]1Cc1ccc2c(c1C(=O)O)OCC2)OCO3. The molecule has 6 heteroatoms. The van der Waals surface area contributed by atoms with Gasteiger partial charge in [-0.2, -0.15) is 0 Å². The fourth-order valence-corrected chi connectivity index (χ4v) is 4.39. The number of fused-ring (bicyclic) bond motifs is 3. The fraction of sp³-hybridized carbons (Fsp3) is 0.381. The number of carboxylic acids is 1. The van der Waals surface area contributed by atoms with E-state index < -0.39 is 5.97 Å². The van der Waals surface area contributed by atoms with Crippen LogP contribution in [0.5, 0.6) is 17.2 Å². The van der Waals surface area contributed by atoms with Gasteiger partial charge in [0.25, 0.3) is 0 Å². The van der Waals surface area contributed by atoms with E-state index in [0.717, 1.165) is 42.0 Å². The Morgan fingerprint density at radius 3 is 2.78 bits per heavy atom. The van der Waals surface area contributed by atoms with Crippen molar-refractivity contribution in [2.24, 2.45) is 0 Å². The van der Waals surface area contributed by atoms with Gasteiger partial charge in [-0.25, -0.2) is 4.79 Å². The minimum Gasteiger partial charge on any atom is -0.492 e. The molecule has 0 unspecified atom stereocenters. The van der Waals surface area contributed by atoms with Gasteiger partial charge in [0.1, 0.15) is 11.3 Å². The molecule has 1 N–H and O–H groups in total. The zero-order valence-corrected chi connectivity index (χ0v) is 15.2. The Morgan fingerprint density at radius 2 is 1.96 bits per heavy atom. The molecule has 0 amide bonds. The molecule has 0 aromatic heterocycles. The second-order valence-corrected chi connectivity index (χ2v) is 7.35. The van der Waals surface area contributed by atoms with Crippen LogP contribution in [0.4, 0.5) is 0 Å². The number of carboxylic acid groups (broad SMARTS) is 1. The van der Waals surface area contributed by atoms with Crippen LogP contribution in [0.1, 0.15) is 38.7 Å². The number of benzene rings is 2. The summed E-state index contributed by atoms with van der Waals surface area (Å²) in [7, 11) is 2.09. The topological polar surface area (TPSA) is 68.2 Å². The molecule has 6 nitrogen and oxygen atoms in total. The molecule has 0 saturated heterocycles. The lowest BCUT2D eigenvalue weighted by molar-refractivity contribution is 0.0691. The highest BCUT2D eigenvalue weighted by atomic mass is 16.7.